The third-order valence-electron chi connectivity index (χ3n) is 2.97. The summed E-state index contributed by atoms with van der Waals surface area (Å²) in [4.78, 5) is 19.8. The number of hydrogen-bond acceptors (Lipinski definition) is 4. The highest BCUT2D eigenvalue weighted by molar-refractivity contribution is 6.28. The van der Waals surface area contributed by atoms with Crippen molar-refractivity contribution in [1.29, 1.82) is 0 Å². The smallest absolute Gasteiger partial charge is 0.343 e. The number of nitrogens with zero attached hydrogens (tertiary/aromatic N) is 3. The van der Waals surface area contributed by atoms with E-state index in [4.69, 9.17) is 16.3 Å². The molecule has 0 N–H and O–H groups in total. The van der Waals surface area contributed by atoms with E-state index in [1.54, 1.807) is 4.57 Å². The highest BCUT2D eigenvalue weighted by Gasteiger charge is 2.17. The largest absolute Gasteiger partial charge is 0.465 e. The Morgan fingerprint density at radius 1 is 1.29 bits per heavy atom. The van der Waals surface area contributed by atoms with Crippen molar-refractivity contribution in [2.75, 3.05) is 7.11 Å². The number of carbonyl (C=O) groups excluding carboxylic acids is 1. The van der Waals surface area contributed by atoms with Crippen LogP contribution in [0.4, 0.5) is 0 Å². The standard InChI is InChI=1S/C14H10ClN3O2.CH4/c1-20-13(19)10-8-16-14(15)17-12(10)18-7-6-9-4-2-3-5-11(9)18;/h2-8H,1H3;1H4. The average Bonchev–Trinajstić information content (AvgIpc) is 2.90. The first-order valence-electron chi connectivity index (χ1n) is 5.88. The lowest BCUT2D eigenvalue weighted by atomic mass is 10.2. The molecular formula is C15H14ClN3O2. The van der Waals surface area contributed by atoms with Crippen LogP contribution < -0.4 is 0 Å². The molecule has 0 bridgehead atoms. The lowest BCUT2D eigenvalue weighted by molar-refractivity contribution is 0.0600. The van der Waals surface area contributed by atoms with Gasteiger partial charge in [0.1, 0.15) is 5.56 Å². The second-order valence-electron chi connectivity index (χ2n) is 4.11. The average molecular weight is 304 g/mol. The van der Waals surface area contributed by atoms with E-state index in [1.165, 1.54) is 13.3 Å². The van der Waals surface area contributed by atoms with Crippen molar-refractivity contribution in [3.63, 3.8) is 0 Å². The number of aromatic nitrogens is 3. The predicted octanol–water partition coefficient (Wildman–Crippen LogP) is 3.50. The number of para-hydroxylation sites is 1. The van der Waals surface area contributed by atoms with E-state index in [0.717, 1.165) is 10.9 Å². The van der Waals surface area contributed by atoms with Crippen molar-refractivity contribution in [2.24, 2.45) is 0 Å². The molecule has 5 nitrogen and oxygen atoms in total. The maximum atomic E-state index is 11.8. The summed E-state index contributed by atoms with van der Waals surface area (Å²) < 4.78 is 6.54. The van der Waals surface area contributed by atoms with Crippen LogP contribution in [0.5, 0.6) is 0 Å². The van der Waals surface area contributed by atoms with Gasteiger partial charge in [-0.15, -0.1) is 0 Å². The summed E-state index contributed by atoms with van der Waals surface area (Å²) in [5.74, 6) is -0.104. The lowest BCUT2D eigenvalue weighted by Gasteiger charge is -2.09. The molecule has 0 spiro atoms. The molecule has 6 heteroatoms. The van der Waals surface area contributed by atoms with Crippen molar-refractivity contribution >= 4 is 28.5 Å². The van der Waals surface area contributed by atoms with Crippen LogP contribution in [0.1, 0.15) is 17.8 Å². The first-order chi connectivity index (χ1) is 9.70. The van der Waals surface area contributed by atoms with Crippen LogP contribution in [0.15, 0.2) is 42.7 Å². The van der Waals surface area contributed by atoms with Crippen LogP contribution in [-0.4, -0.2) is 27.6 Å². The van der Waals surface area contributed by atoms with Crippen LogP contribution in [0.3, 0.4) is 0 Å². The number of benzene rings is 1. The first kappa shape index (κ1) is 15.0. The van der Waals surface area contributed by atoms with E-state index in [0.29, 0.717) is 5.82 Å². The molecule has 21 heavy (non-hydrogen) atoms. The van der Waals surface area contributed by atoms with Gasteiger partial charge in [0.2, 0.25) is 5.28 Å². The number of esters is 1. The molecule has 0 aliphatic rings. The second kappa shape index (κ2) is 5.93. The van der Waals surface area contributed by atoms with Crippen molar-refractivity contribution in [3.8, 4) is 5.82 Å². The van der Waals surface area contributed by atoms with Gasteiger partial charge in [0, 0.05) is 12.4 Å². The van der Waals surface area contributed by atoms with Crippen LogP contribution in [0.2, 0.25) is 5.28 Å². The Balaban J connectivity index is 0.00000161. The first-order valence-corrected chi connectivity index (χ1v) is 6.26. The SMILES string of the molecule is C.COC(=O)c1cnc(Cl)nc1-n1ccc2ccccc21. The molecule has 0 amide bonds. The number of halogens is 1. The molecule has 0 saturated carbocycles. The molecular weight excluding hydrogens is 290 g/mol. The zero-order chi connectivity index (χ0) is 14.1. The minimum absolute atomic E-state index is 0. The Kier molecular flexibility index (Phi) is 4.23. The van der Waals surface area contributed by atoms with E-state index >= 15 is 0 Å². The molecule has 1 aromatic carbocycles. The topological polar surface area (TPSA) is 57.0 Å². The van der Waals surface area contributed by atoms with E-state index in [1.807, 2.05) is 36.5 Å². The van der Waals surface area contributed by atoms with Gasteiger partial charge in [-0.3, -0.25) is 0 Å². The van der Waals surface area contributed by atoms with Gasteiger partial charge in [0.05, 0.1) is 12.6 Å². The summed E-state index contributed by atoms with van der Waals surface area (Å²) in [5, 5.41) is 1.11. The molecule has 3 aromatic rings. The quantitative estimate of drug-likeness (QED) is 0.537. The van der Waals surface area contributed by atoms with Gasteiger partial charge in [0.15, 0.2) is 5.82 Å². The monoisotopic (exact) mass is 303 g/mol. The summed E-state index contributed by atoms with van der Waals surface area (Å²) >= 11 is 5.85. The van der Waals surface area contributed by atoms with E-state index in [-0.39, 0.29) is 18.3 Å². The molecule has 3 rings (SSSR count). The fourth-order valence-electron chi connectivity index (χ4n) is 2.06. The number of fused-ring (bicyclic) bond motifs is 1. The molecule has 0 aliphatic heterocycles. The minimum Gasteiger partial charge on any atom is -0.465 e. The fourth-order valence-corrected chi connectivity index (χ4v) is 2.19. The second-order valence-corrected chi connectivity index (χ2v) is 4.45. The summed E-state index contributed by atoms with van der Waals surface area (Å²) in [6.45, 7) is 0. The fraction of sp³-hybridized carbons (Fsp3) is 0.133. The van der Waals surface area contributed by atoms with Gasteiger partial charge < -0.3 is 9.30 Å². The van der Waals surface area contributed by atoms with Gasteiger partial charge >= 0.3 is 5.97 Å². The van der Waals surface area contributed by atoms with Crippen LogP contribution in [0.25, 0.3) is 16.7 Å². The van der Waals surface area contributed by atoms with Crippen molar-refractivity contribution in [1.82, 2.24) is 14.5 Å². The van der Waals surface area contributed by atoms with Gasteiger partial charge in [-0.2, -0.15) is 4.98 Å². The van der Waals surface area contributed by atoms with Crippen molar-refractivity contribution in [2.45, 2.75) is 7.43 Å². The Hall–Kier alpha value is -2.40. The zero-order valence-corrected chi connectivity index (χ0v) is 11.3. The molecule has 0 aliphatic carbocycles. The third kappa shape index (κ3) is 2.60. The Labute approximate surface area is 127 Å². The van der Waals surface area contributed by atoms with Gasteiger partial charge in [-0.1, -0.05) is 25.6 Å². The summed E-state index contributed by atoms with van der Waals surface area (Å²) in [6.07, 6.45) is 3.20. The highest BCUT2D eigenvalue weighted by Crippen LogP contribution is 2.22. The molecule has 0 fully saturated rings. The van der Waals surface area contributed by atoms with Crippen LogP contribution in [0, 0.1) is 0 Å². The maximum absolute atomic E-state index is 11.8. The number of rotatable bonds is 2. The molecule has 0 atom stereocenters. The Morgan fingerprint density at radius 3 is 2.81 bits per heavy atom. The minimum atomic E-state index is -0.505. The van der Waals surface area contributed by atoms with Crippen LogP contribution >= 0.6 is 11.6 Å². The Morgan fingerprint density at radius 2 is 2.05 bits per heavy atom. The molecule has 0 saturated heterocycles. The predicted molar refractivity (Wildman–Crippen MR) is 81.9 cm³/mol. The lowest BCUT2D eigenvalue weighted by Crippen LogP contribution is -2.10. The molecule has 2 aromatic heterocycles. The summed E-state index contributed by atoms with van der Waals surface area (Å²) in [5.41, 5.74) is 1.19. The highest BCUT2D eigenvalue weighted by atomic mass is 35.5. The van der Waals surface area contributed by atoms with E-state index in [2.05, 4.69) is 9.97 Å². The van der Waals surface area contributed by atoms with Gasteiger partial charge in [-0.25, -0.2) is 9.78 Å². The van der Waals surface area contributed by atoms with E-state index < -0.39 is 5.97 Å². The number of ether oxygens (including phenoxy) is 1. The summed E-state index contributed by atoms with van der Waals surface area (Å²) in [7, 11) is 1.31. The van der Waals surface area contributed by atoms with Gasteiger partial charge in [-0.05, 0) is 29.1 Å². The number of methoxy groups -OCH3 is 1. The number of carbonyl (C=O) groups is 1. The molecule has 0 radical (unpaired) electrons. The zero-order valence-electron chi connectivity index (χ0n) is 10.6. The summed E-state index contributed by atoms with van der Waals surface area (Å²) in [6, 6.07) is 9.71. The normalized spacial score (nSPS) is 10.2. The van der Waals surface area contributed by atoms with E-state index in [9.17, 15) is 4.79 Å². The number of hydrogen-bond donors (Lipinski definition) is 0. The van der Waals surface area contributed by atoms with Gasteiger partial charge in [0.25, 0.3) is 0 Å². The molecule has 2 heterocycles. The van der Waals surface area contributed by atoms with Crippen molar-refractivity contribution < 1.29 is 9.53 Å². The molecule has 0 unspecified atom stereocenters. The van der Waals surface area contributed by atoms with Crippen molar-refractivity contribution in [3.05, 3.63) is 53.6 Å². The Bertz CT molecular complexity index is 798. The van der Waals surface area contributed by atoms with Crippen LogP contribution in [-0.2, 0) is 4.74 Å². The third-order valence-corrected chi connectivity index (χ3v) is 3.15. The maximum Gasteiger partial charge on any atom is 0.343 e. The molecule has 108 valence electrons.